The van der Waals surface area contributed by atoms with Crippen molar-refractivity contribution in [2.75, 3.05) is 5.73 Å². The summed E-state index contributed by atoms with van der Waals surface area (Å²) in [6.45, 7) is 1.91. The molecule has 3 N–H and O–H groups in total. The Morgan fingerprint density at radius 2 is 2.20 bits per heavy atom. The predicted molar refractivity (Wildman–Crippen MR) is 62.0 cm³/mol. The molecule has 0 aliphatic heterocycles. The molecule has 0 fully saturated rings. The normalized spacial score (nSPS) is 10.3. The second kappa shape index (κ2) is 3.94. The minimum atomic E-state index is 0.540. The number of hydrogen-bond donors (Lipinski definition) is 2. The number of aromatic nitrogens is 2. The lowest BCUT2D eigenvalue weighted by Gasteiger charge is -2.04. The Labute approximate surface area is 95.6 Å². The molecule has 2 aromatic rings. The van der Waals surface area contributed by atoms with Crippen molar-refractivity contribution in [3.8, 4) is 11.6 Å². The summed E-state index contributed by atoms with van der Waals surface area (Å²) in [5.74, 6) is 1.23. The molecule has 0 radical (unpaired) electrons. The van der Waals surface area contributed by atoms with E-state index in [1.165, 1.54) is 0 Å². The Balaban J connectivity index is 2.24. The summed E-state index contributed by atoms with van der Waals surface area (Å²) >= 11 is 3.37. The SMILES string of the molecule is Cc1cc(Oc2ccc(N)cc2Br)n[nH]1. The molecule has 15 heavy (non-hydrogen) atoms. The Morgan fingerprint density at radius 1 is 1.40 bits per heavy atom. The van der Waals surface area contributed by atoms with Gasteiger partial charge in [0, 0.05) is 17.4 Å². The van der Waals surface area contributed by atoms with Gasteiger partial charge in [0.25, 0.3) is 0 Å². The van der Waals surface area contributed by atoms with Crippen LogP contribution >= 0.6 is 15.9 Å². The molecule has 5 heteroatoms. The summed E-state index contributed by atoms with van der Waals surface area (Å²) in [6.07, 6.45) is 0. The van der Waals surface area contributed by atoms with Gasteiger partial charge in [-0.2, -0.15) is 0 Å². The average Bonchev–Trinajstić information content (AvgIpc) is 2.56. The zero-order chi connectivity index (χ0) is 10.8. The van der Waals surface area contributed by atoms with Crippen LogP contribution in [-0.4, -0.2) is 10.2 Å². The molecule has 0 atom stereocenters. The molecule has 0 spiro atoms. The zero-order valence-electron chi connectivity index (χ0n) is 8.12. The van der Waals surface area contributed by atoms with Crippen LogP contribution in [0.3, 0.4) is 0 Å². The molecule has 0 amide bonds. The molecule has 0 unspecified atom stereocenters. The van der Waals surface area contributed by atoms with Crippen LogP contribution in [-0.2, 0) is 0 Å². The van der Waals surface area contributed by atoms with E-state index < -0.39 is 0 Å². The van der Waals surface area contributed by atoms with Gasteiger partial charge in [0.1, 0.15) is 5.75 Å². The maximum Gasteiger partial charge on any atom is 0.238 e. The van der Waals surface area contributed by atoms with Crippen LogP contribution in [0.25, 0.3) is 0 Å². The van der Waals surface area contributed by atoms with Crippen LogP contribution < -0.4 is 10.5 Å². The van der Waals surface area contributed by atoms with Crippen molar-refractivity contribution >= 4 is 21.6 Å². The van der Waals surface area contributed by atoms with E-state index in [0.717, 1.165) is 10.2 Å². The van der Waals surface area contributed by atoms with Crippen molar-refractivity contribution in [1.29, 1.82) is 0 Å². The molecule has 0 aliphatic carbocycles. The van der Waals surface area contributed by atoms with E-state index in [4.69, 9.17) is 10.5 Å². The van der Waals surface area contributed by atoms with Gasteiger partial charge in [0.15, 0.2) is 0 Å². The maximum atomic E-state index is 5.62. The summed E-state index contributed by atoms with van der Waals surface area (Å²) in [7, 11) is 0. The highest BCUT2D eigenvalue weighted by atomic mass is 79.9. The first-order valence-corrected chi connectivity index (χ1v) is 5.19. The number of rotatable bonds is 2. The van der Waals surface area contributed by atoms with Crippen molar-refractivity contribution in [2.24, 2.45) is 0 Å². The van der Waals surface area contributed by atoms with Crippen LogP contribution in [0.4, 0.5) is 5.69 Å². The van der Waals surface area contributed by atoms with E-state index in [-0.39, 0.29) is 0 Å². The standard InChI is InChI=1S/C10H10BrN3O/c1-6-4-10(14-13-6)15-9-3-2-7(12)5-8(9)11/h2-5H,12H2,1H3,(H,13,14). The number of aryl methyl sites for hydroxylation is 1. The Hall–Kier alpha value is -1.49. The van der Waals surface area contributed by atoms with E-state index in [2.05, 4.69) is 26.1 Å². The summed E-state index contributed by atoms with van der Waals surface area (Å²) in [5.41, 5.74) is 7.26. The number of ether oxygens (including phenoxy) is 1. The number of anilines is 1. The fraction of sp³-hybridized carbons (Fsp3) is 0.100. The molecule has 1 aromatic heterocycles. The summed E-state index contributed by atoms with van der Waals surface area (Å²) < 4.78 is 6.35. The second-order valence-corrected chi connectivity index (χ2v) is 4.04. The van der Waals surface area contributed by atoms with Crippen LogP contribution in [0.15, 0.2) is 28.7 Å². The van der Waals surface area contributed by atoms with Crippen molar-refractivity contribution in [1.82, 2.24) is 10.2 Å². The van der Waals surface area contributed by atoms with Gasteiger partial charge in [0.05, 0.1) is 4.47 Å². The fourth-order valence-electron chi connectivity index (χ4n) is 1.16. The number of benzene rings is 1. The summed E-state index contributed by atoms with van der Waals surface area (Å²) in [5, 5.41) is 6.78. The quantitative estimate of drug-likeness (QED) is 0.823. The number of aromatic amines is 1. The first kappa shape index (κ1) is 10.0. The molecule has 0 bridgehead atoms. The topological polar surface area (TPSA) is 63.9 Å². The third-order valence-corrected chi connectivity index (χ3v) is 2.47. The molecule has 0 aliphatic rings. The lowest BCUT2D eigenvalue weighted by atomic mass is 10.3. The highest BCUT2D eigenvalue weighted by Gasteiger charge is 2.05. The lowest BCUT2D eigenvalue weighted by Crippen LogP contribution is -1.88. The van der Waals surface area contributed by atoms with Crippen LogP contribution in [0.2, 0.25) is 0 Å². The van der Waals surface area contributed by atoms with E-state index in [0.29, 0.717) is 17.3 Å². The Morgan fingerprint density at radius 3 is 2.80 bits per heavy atom. The third kappa shape index (κ3) is 2.30. The molecule has 4 nitrogen and oxygen atoms in total. The average molecular weight is 268 g/mol. The highest BCUT2D eigenvalue weighted by molar-refractivity contribution is 9.10. The largest absolute Gasteiger partial charge is 0.436 e. The van der Waals surface area contributed by atoms with E-state index >= 15 is 0 Å². The smallest absolute Gasteiger partial charge is 0.238 e. The van der Waals surface area contributed by atoms with Crippen molar-refractivity contribution < 1.29 is 4.74 Å². The summed E-state index contributed by atoms with van der Waals surface area (Å²) in [6, 6.07) is 7.18. The summed E-state index contributed by atoms with van der Waals surface area (Å²) in [4.78, 5) is 0. The van der Waals surface area contributed by atoms with Gasteiger partial charge < -0.3 is 10.5 Å². The van der Waals surface area contributed by atoms with Crippen LogP contribution in [0.5, 0.6) is 11.6 Å². The number of nitrogen functional groups attached to an aromatic ring is 1. The van der Waals surface area contributed by atoms with E-state index in [1.54, 1.807) is 18.2 Å². The van der Waals surface area contributed by atoms with Gasteiger partial charge >= 0.3 is 0 Å². The molecule has 78 valence electrons. The van der Waals surface area contributed by atoms with Gasteiger partial charge in [-0.1, -0.05) is 0 Å². The highest BCUT2D eigenvalue weighted by Crippen LogP contribution is 2.30. The van der Waals surface area contributed by atoms with Gasteiger partial charge in [-0.05, 0) is 41.1 Å². The van der Waals surface area contributed by atoms with Crippen LogP contribution in [0.1, 0.15) is 5.69 Å². The third-order valence-electron chi connectivity index (χ3n) is 1.85. The number of H-pyrrole nitrogens is 1. The first-order valence-electron chi connectivity index (χ1n) is 4.40. The molecule has 0 saturated carbocycles. The number of nitrogens with zero attached hydrogens (tertiary/aromatic N) is 1. The number of halogens is 1. The molecule has 1 aromatic carbocycles. The molecular formula is C10H10BrN3O. The van der Waals surface area contributed by atoms with Crippen molar-refractivity contribution in [3.05, 3.63) is 34.4 Å². The second-order valence-electron chi connectivity index (χ2n) is 3.18. The van der Waals surface area contributed by atoms with Crippen molar-refractivity contribution in [2.45, 2.75) is 6.92 Å². The van der Waals surface area contributed by atoms with E-state index in [1.807, 2.05) is 13.0 Å². The molecular weight excluding hydrogens is 258 g/mol. The monoisotopic (exact) mass is 267 g/mol. The predicted octanol–water partition coefficient (Wildman–Crippen LogP) is 2.86. The van der Waals surface area contributed by atoms with E-state index in [9.17, 15) is 0 Å². The maximum absolute atomic E-state index is 5.62. The zero-order valence-corrected chi connectivity index (χ0v) is 9.71. The lowest BCUT2D eigenvalue weighted by molar-refractivity contribution is 0.459. The Bertz CT molecular complexity index is 481. The van der Waals surface area contributed by atoms with Gasteiger partial charge in [-0.15, -0.1) is 5.10 Å². The Kier molecular flexibility index (Phi) is 2.64. The minimum Gasteiger partial charge on any atom is -0.436 e. The number of nitrogens with one attached hydrogen (secondary N) is 1. The number of nitrogens with two attached hydrogens (primary N) is 1. The first-order chi connectivity index (χ1) is 7.15. The van der Waals surface area contributed by atoms with Crippen molar-refractivity contribution in [3.63, 3.8) is 0 Å². The number of hydrogen-bond acceptors (Lipinski definition) is 3. The molecule has 2 rings (SSSR count). The van der Waals surface area contributed by atoms with Gasteiger partial charge in [-0.3, -0.25) is 5.10 Å². The fourth-order valence-corrected chi connectivity index (χ4v) is 1.64. The van der Waals surface area contributed by atoms with Gasteiger partial charge in [-0.25, -0.2) is 0 Å². The molecule has 1 heterocycles. The van der Waals surface area contributed by atoms with Gasteiger partial charge in [0.2, 0.25) is 5.88 Å². The molecule has 0 saturated heterocycles. The minimum absolute atomic E-state index is 0.540. The van der Waals surface area contributed by atoms with Crippen LogP contribution in [0, 0.1) is 6.92 Å².